The van der Waals surface area contributed by atoms with E-state index in [0.29, 0.717) is 0 Å². The summed E-state index contributed by atoms with van der Waals surface area (Å²) in [6, 6.07) is 3.20. The first-order chi connectivity index (χ1) is 8.63. The maximum Gasteiger partial charge on any atom is 0.270 e. The van der Waals surface area contributed by atoms with Crippen LogP contribution in [0.4, 0.5) is 5.69 Å². The topological polar surface area (TPSA) is 89.3 Å². The van der Waals surface area contributed by atoms with Crippen LogP contribution in [0, 0.1) is 15.5 Å². The Morgan fingerprint density at radius 1 is 1.47 bits per heavy atom. The van der Waals surface area contributed by atoms with Gasteiger partial charge < -0.3 is 0 Å². The van der Waals surface area contributed by atoms with Crippen LogP contribution in [-0.4, -0.2) is 19.4 Å². The van der Waals surface area contributed by atoms with Gasteiger partial charge in [-0.3, -0.25) is 10.1 Å². The van der Waals surface area contributed by atoms with Crippen molar-refractivity contribution in [2.45, 2.75) is 31.2 Å². The molecule has 1 saturated carbocycles. The number of nitro benzene ring substituents is 1. The van der Waals surface area contributed by atoms with Crippen LogP contribution in [0.15, 0.2) is 23.1 Å². The number of halogens is 1. The highest BCUT2D eigenvalue weighted by atomic mass is 35.5. The molecule has 1 atom stereocenters. The fourth-order valence-electron chi connectivity index (χ4n) is 1.73. The van der Waals surface area contributed by atoms with E-state index in [2.05, 4.69) is 4.72 Å². The molecule has 104 valence electrons. The van der Waals surface area contributed by atoms with E-state index >= 15 is 0 Å². The molecule has 1 aromatic carbocycles. The Morgan fingerprint density at radius 3 is 2.53 bits per heavy atom. The summed E-state index contributed by atoms with van der Waals surface area (Å²) < 4.78 is 26.8. The molecule has 0 bridgehead atoms. The van der Waals surface area contributed by atoms with Crippen LogP contribution in [-0.2, 0) is 10.0 Å². The monoisotopic (exact) mass is 304 g/mol. The zero-order valence-electron chi connectivity index (χ0n) is 10.4. The molecule has 1 aliphatic rings. The van der Waals surface area contributed by atoms with Gasteiger partial charge in [0, 0.05) is 18.2 Å². The van der Waals surface area contributed by atoms with Crippen molar-refractivity contribution in [3.8, 4) is 0 Å². The third-order valence-electron chi connectivity index (χ3n) is 3.23. The fourth-order valence-corrected chi connectivity index (χ4v) is 3.66. The maximum absolute atomic E-state index is 12.1. The Kier molecular flexibility index (Phi) is 3.32. The second-order valence-corrected chi connectivity index (χ2v) is 7.33. The molecule has 8 heteroatoms. The molecule has 0 radical (unpaired) electrons. The Balaban J connectivity index is 2.35. The zero-order chi connectivity index (χ0) is 14.4. The summed E-state index contributed by atoms with van der Waals surface area (Å²) in [5.41, 5.74) is -0.389. The van der Waals surface area contributed by atoms with Gasteiger partial charge in [0.1, 0.15) is 4.90 Å². The molecule has 6 nitrogen and oxygen atoms in total. The Morgan fingerprint density at radius 2 is 2.05 bits per heavy atom. The van der Waals surface area contributed by atoms with Crippen molar-refractivity contribution in [3.63, 3.8) is 0 Å². The van der Waals surface area contributed by atoms with Gasteiger partial charge in [-0.15, -0.1) is 0 Å². The first kappa shape index (κ1) is 14.2. The molecule has 0 heterocycles. The van der Waals surface area contributed by atoms with E-state index in [1.54, 1.807) is 0 Å². The molecule has 0 spiro atoms. The molecule has 0 saturated heterocycles. The van der Waals surface area contributed by atoms with Crippen molar-refractivity contribution in [2.75, 3.05) is 0 Å². The first-order valence-electron chi connectivity index (χ1n) is 5.60. The van der Waals surface area contributed by atoms with Crippen LogP contribution in [0.1, 0.15) is 20.3 Å². The number of hydrogen-bond acceptors (Lipinski definition) is 4. The SMILES string of the molecule is CC1(C)CC1NS(=O)(=O)c1cc([N+](=O)[O-])ccc1Cl. The van der Waals surface area contributed by atoms with Gasteiger partial charge in [0.25, 0.3) is 5.69 Å². The van der Waals surface area contributed by atoms with E-state index < -0.39 is 14.9 Å². The normalized spacial score (nSPS) is 21.1. The number of hydrogen-bond donors (Lipinski definition) is 1. The highest BCUT2D eigenvalue weighted by Crippen LogP contribution is 2.45. The summed E-state index contributed by atoms with van der Waals surface area (Å²) >= 11 is 5.82. The molecule has 1 aliphatic carbocycles. The standard InChI is InChI=1S/C11H13ClN2O4S/c1-11(2)6-10(11)13-19(17,18)9-5-7(14(15)16)3-4-8(9)12/h3-5,10,13H,6H2,1-2H3. The lowest BCUT2D eigenvalue weighted by atomic mass is 10.2. The van der Waals surface area contributed by atoms with Crippen molar-refractivity contribution in [1.82, 2.24) is 4.72 Å². The fraction of sp³-hybridized carbons (Fsp3) is 0.455. The van der Waals surface area contributed by atoms with E-state index in [4.69, 9.17) is 11.6 Å². The third kappa shape index (κ3) is 2.88. The minimum atomic E-state index is -3.84. The highest BCUT2D eigenvalue weighted by Gasteiger charge is 2.48. The average Bonchev–Trinajstić information content (AvgIpc) is 2.84. The van der Waals surface area contributed by atoms with E-state index in [1.165, 1.54) is 12.1 Å². The number of nitro groups is 1. The van der Waals surface area contributed by atoms with E-state index in [-0.39, 0.29) is 27.1 Å². The summed E-state index contributed by atoms with van der Waals surface area (Å²) in [5, 5.41) is 10.6. The van der Waals surface area contributed by atoms with Crippen molar-refractivity contribution in [3.05, 3.63) is 33.3 Å². The predicted molar refractivity (Wildman–Crippen MR) is 70.6 cm³/mol. The lowest BCUT2D eigenvalue weighted by molar-refractivity contribution is -0.385. The average molecular weight is 305 g/mol. The second-order valence-electron chi connectivity index (χ2n) is 5.24. The van der Waals surface area contributed by atoms with Crippen LogP contribution in [0.3, 0.4) is 0 Å². The number of nitrogens with one attached hydrogen (secondary N) is 1. The van der Waals surface area contributed by atoms with Gasteiger partial charge in [0.2, 0.25) is 10.0 Å². The smallest absolute Gasteiger partial charge is 0.258 e. The van der Waals surface area contributed by atoms with Crippen LogP contribution >= 0.6 is 11.6 Å². The molecule has 1 N–H and O–H groups in total. The van der Waals surface area contributed by atoms with Crippen LogP contribution in [0.2, 0.25) is 5.02 Å². The van der Waals surface area contributed by atoms with Gasteiger partial charge >= 0.3 is 0 Å². The lowest BCUT2D eigenvalue weighted by Crippen LogP contribution is -2.28. The zero-order valence-corrected chi connectivity index (χ0v) is 12.0. The molecule has 2 rings (SSSR count). The van der Waals surface area contributed by atoms with E-state index in [9.17, 15) is 18.5 Å². The number of non-ortho nitro benzene ring substituents is 1. The van der Waals surface area contributed by atoms with Gasteiger partial charge in [-0.25, -0.2) is 13.1 Å². The first-order valence-corrected chi connectivity index (χ1v) is 7.46. The number of rotatable bonds is 4. The van der Waals surface area contributed by atoms with Gasteiger partial charge in [0.15, 0.2) is 0 Å². The highest BCUT2D eigenvalue weighted by molar-refractivity contribution is 7.89. The Bertz CT molecular complexity index is 642. The van der Waals surface area contributed by atoms with Gasteiger partial charge in [-0.1, -0.05) is 25.4 Å². The molecule has 0 aromatic heterocycles. The third-order valence-corrected chi connectivity index (χ3v) is 5.18. The summed E-state index contributed by atoms with van der Waals surface area (Å²) in [4.78, 5) is 9.76. The molecule has 1 aromatic rings. The second kappa shape index (κ2) is 4.43. The molecule has 1 unspecified atom stereocenters. The van der Waals surface area contributed by atoms with Crippen molar-refractivity contribution < 1.29 is 13.3 Å². The minimum absolute atomic E-state index is 0.0310. The largest absolute Gasteiger partial charge is 0.270 e. The van der Waals surface area contributed by atoms with Crippen molar-refractivity contribution in [1.29, 1.82) is 0 Å². The quantitative estimate of drug-likeness (QED) is 0.683. The Hall–Kier alpha value is -1.18. The maximum atomic E-state index is 12.1. The van der Waals surface area contributed by atoms with Crippen LogP contribution < -0.4 is 4.72 Å². The molecular weight excluding hydrogens is 292 g/mol. The number of nitrogens with zero attached hydrogens (tertiary/aromatic N) is 1. The molecule has 0 amide bonds. The predicted octanol–water partition coefficient (Wildman–Crippen LogP) is 2.33. The summed E-state index contributed by atoms with van der Waals surface area (Å²) in [5.74, 6) is 0. The van der Waals surface area contributed by atoms with Gasteiger partial charge in [-0.05, 0) is 17.9 Å². The van der Waals surface area contributed by atoms with Crippen LogP contribution in [0.5, 0.6) is 0 Å². The van der Waals surface area contributed by atoms with Gasteiger partial charge in [0.05, 0.1) is 9.95 Å². The Labute approximate surface area is 116 Å². The van der Waals surface area contributed by atoms with Crippen LogP contribution in [0.25, 0.3) is 0 Å². The molecule has 0 aliphatic heterocycles. The van der Waals surface area contributed by atoms with Gasteiger partial charge in [-0.2, -0.15) is 0 Å². The minimum Gasteiger partial charge on any atom is -0.258 e. The van der Waals surface area contributed by atoms with Crippen molar-refractivity contribution in [2.24, 2.45) is 5.41 Å². The molecular formula is C11H13ClN2O4S. The molecule has 19 heavy (non-hydrogen) atoms. The molecule has 1 fully saturated rings. The summed E-state index contributed by atoms with van der Waals surface area (Å²) in [6.07, 6.45) is 0.735. The summed E-state index contributed by atoms with van der Waals surface area (Å²) in [6.45, 7) is 3.88. The van der Waals surface area contributed by atoms with E-state index in [0.717, 1.165) is 12.5 Å². The number of benzene rings is 1. The lowest BCUT2D eigenvalue weighted by Gasteiger charge is -2.09. The summed E-state index contributed by atoms with van der Waals surface area (Å²) in [7, 11) is -3.84. The number of sulfonamides is 1. The van der Waals surface area contributed by atoms with E-state index in [1.807, 2.05) is 13.8 Å². The van der Waals surface area contributed by atoms with Crippen molar-refractivity contribution >= 4 is 27.3 Å².